The predicted octanol–water partition coefficient (Wildman–Crippen LogP) is 1.17. The third kappa shape index (κ3) is 4.44. The first kappa shape index (κ1) is 19.3. The third-order valence-corrected chi connectivity index (χ3v) is 5.11. The van der Waals surface area contributed by atoms with Crippen molar-refractivity contribution in [2.75, 3.05) is 25.0 Å². The van der Waals surface area contributed by atoms with Crippen LogP contribution in [0, 0.1) is 5.82 Å². The summed E-state index contributed by atoms with van der Waals surface area (Å²) in [5.41, 5.74) is 6.60. The second-order valence-corrected chi connectivity index (χ2v) is 7.03. The first-order chi connectivity index (χ1) is 13.0. The van der Waals surface area contributed by atoms with Crippen molar-refractivity contribution in [3.63, 3.8) is 0 Å². The normalized spacial score (nSPS) is 19.3. The smallest absolute Gasteiger partial charge is 0.257 e. The number of amides is 3. The Hall–Kier alpha value is -2.48. The molecule has 146 valence electrons. The van der Waals surface area contributed by atoms with Crippen molar-refractivity contribution in [3.8, 4) is 0 Å². The van der Waals surface area contributed by atoms with Crippen LogP contribution in [0.5, 0.6) is 0 Å². The molecule has 0 bridgehead atoms. The molecule has 2 heterocycles. The van der Waals surface area contributed by atoms with Crippen LogP contribution in [-0.4, -0.2) is 48.3 Å². The summed E-state index contributed by atoms with van der Waals surface area (Å²) < 4.78 is 14.6. The fraction of sp³-hybridized carbons (Fsp3) is 0.526. The van der Waals surface area contributed by atoms with Crippen molar-refractivity contribution in [2.45, 2.75) is 44.6 Å². The molecular weight excluding hydrogens is 351 g/mol. The van der Waals surface area contributed by atoms with Crippen molar-refractivity contribution in [1.82, 2.24) is 10.2 Å². The largest absolute Gasteiger partial charge is 0.354 e. The fourth-order valence-corrected chi connectivity index (χ4v) is 3.65. The molecule has 0 aliphatic carbocycles. The summed E-state index contributed by atoms with van der Waals surface area (Å²) in [7, 11) is 0. The quantitative estimate of drug-likeness (QED) is 0.717. The number of hydrogen-bond donors (Lipinski definition) is 3. The van der Waals surface area contributed by atoms with Crippen molar-refractivity contribution in [2.24, 2.45) is 5.73 Å². The number of halogens is 1. The maximum absolute atomic E-state index is 14.6. The minimum atomic E-state index is -0.641. The second-order valence-electron chi connectivity index (χ2n) is 7.03. The Morgan fingerprint density at radius 1 is 1.30 bits per heavy atom. The number of likely N-dealkylation sites (tertiary alicyclic amines) is 1. The number of nitrogens with one attached hydrogen (secondary N) is 2. The van der Waals surface area contributed by atoms with Crippen LogP contribution in [0.1, 0.15) is 48.0 Å². The molecule has 2 aliphatic rings. The van der Waals surface area contributed by atoms with Crippen LogP contribution in [0.25, 0.3) is 0 Å². The molecule has 0 spiro atoms. The molecule has 1 unspecified atom stereocenters. The van der Waals surface area contributed by atoms with E-state index in [0.717, 1.165) is 24.8 Å². The highest BCUT2D eigenvalue weighted by Gasteiger charge is 2.30. The van der Waals surface area contributed by atoms with Gasteiger partial charge in [0.2, 0.25) is 11.8 Å². The number of benzene rings is 1. The summed E-state index contributed by atoms with van der Waals surface area (Å²) in [6, 6.07) is 2.61. The van der Waals surface area contributed by atoms with E-state index < -0.39 is 5.82 Å². The van der Waals surface area contributed by atoms with Gasteiger partial charge >= 0.3 is 0 Å². The number of nitrogens with zero attached hydrogens (tertiary/aromatic N) is 1. The van der Waals surface area contributed by atoms with Crippen LogP contribution in [0.15, 0.2) is 12.1 Å². The number of anilines is 1. The van der Waals surface area contributed by atoms with Gasteiger partial charge in [-0.2, -0.15) is 0 Å². The average molecular weight is 376 g/mol. The Bertz CT molecular complexity index is 753. The maximum Gasteiger partial charge on any atom is 0.257 e. The first-order valence-electron chi connectivity index (χ1n) is 9.39. The average Bonchev–Trinajstić information content (AvgIpc) is 2.65. The molecule has 1 atom stereocenters. The highest BCUT2D eigenvalue weighted by atomic mass is 19.1. The monoisotopic (exact) mass is 376 g/mol. The van der Waals surface area contributed by atoms with Gasteiger partial charge < -0.3 is 21.3 Å². The van der Waals surface area contributed by atoms with Gasteiger partial charge in [0.15, 0.2) is 0 Å². The molecule has 1 saturated heterocycles. The third-order valence-electron chi connectivity index (χ3n) is 5.11. The van der Waals surface area contributed by atoms with Gasteiger partial charge in [-0.25, -0.2) is 4.39 Å². The number of carbonyl (C=O) groups is 3. The van der Waals surface area contributed by atoms with E-state index in [-0.39, 0.29) is 42.3 Å². The van der Waals surface area contributed by atoms with E-state index in [1.54, 1.807) is 11.0 Å². The molecule has 1 fully saturated rings. The molecule has 8 heteroatoms. The lowest BCUT2D eigenvalue weighted by Crippen LogP contribution is -2.49. The summed E-state index contributed by atoms with van der Waals surface area (Å²) in [5, 5.41) is 5.44. The lowest BCUT2D eigenvalue weighted by Gasteiger charge is -2.36. The van der Waals surface area contributed by atoms with Crippen molar-refractivity contribution >= 4 is 23.4 Å². The van der Waals surface area contributed by atoms with Crippen LogP contribution >= 0.6 is 0 Å². The predicted molar refractivity (Wildman–Crippen MR) is 98.7 cm³/mol. The van der Waals surface area contributed by atoms with Crippen LogP contribution in [0.4, 0.5) is 10.1 Å². The van der Waals surface area contributed by atoms with Gasteiger partial charge in [0, 0.05) is 44.2 Å². The highest BCUT2D eigenvalue weighted by molar-refractivity contribution is 5.98. The molecule has 0 radical (unpaired) electrons. The lowest BCUT2D eigenvalue weighted by molar-refractivity contribution is -0.121. The summed E-state index contributed by atoms with van der Waals surface area (Å²) in [4.78, 5) is 37.8. The summed E-state index contributed by atoms with van der Waals surface area (Å²) >= 11 is 0. The highest BCUT2D eigenvalue weighted by Crippen LogP contribution is 2.28. The summed E-state index contributed by atoms with van der Waals surface area (Å²) in [6.45, 7) is 1.15. The number of rotatable bonds is 5. The molecule has 3 amide bonds. The maximum atomic E-state index is 14.6. The van der Waals surface area contributed by atoms with Gasteiger partial charge in [0.05, 0.1) is 5.56 Å². The Balaban J connectivity index is 1.76. The second kappa shape index (κ2) is 8.47. The number of aryl methyl sites for hydroxylation is 1. The van der Waals surface area contributed by atoms with E-state index in [1.807, 2.05) is 0 Å². The molecule has 27 heavy (non-hydrogen) atoms. The SMILES string of the molecule is NCCC(=O)NCC1CCCCN1C(=O)c1cc2c(cc1F)NC(=O)CC2. The van der Waals surface area contributed by atoms with Gasteiger partial charge in [-0.1, -0.05) is 0 Å². The number of fused-ring (bicyclic) bond motifs is 1. The van der Waals surface area contributed by atoms with E-state index in [0.29, 0.717) is 31.6 Å². The van der Waals surface area contributed by atoms with E-state index in [1.165, 1.54) is 6.07 Å². The van der Waals surface area contributed by atoms with Gasteiger partial charge in [0.25, 0.3) is 5.91 Å². The van der Waals surface area contributed by atoms with Crippen LogP contribution in [0.2, 0.25) is 0 Å². The van der Waals surface area contributed by atoms with Crippen molar-refractivity contribution in [3.05, 3.63) is 29.1 Å². The Kier molecular flexibility index (Phi) is 6.05. The number of nitrogens with two attached hydrogens (primary N) is 1. The molecule has 2 aliphatic heterocycles. The minimum Gasteiger partial charge on any atom is -0.354 e. The first-order valence-corrected chi connectivity index (χ1v) is 9.39. The number of hydrogen-bond acceptors (Lipinski definition) is 4. The van der Waals surface area contributed by atoms with Crippen molar-refractivity contribution in [1.29, 1.82) is 0 Å². The Morgan fingerprint density at radius 2 is 2.11 bits per heavy atom. The molecule has 3 rings (SSSR count). The summed E-state index contributed by atoms with van der Waals surface area (Å²) in [5.74, 6) is -1.31. The fourth-order valence-electron chi connectivity index (χ4n) is 3.65. The van der Waals surface area contributed by atoms with E-state index in [2.05, 4.69) is 10.6 Å². The number of carbonyl (C=O) groups excluding carboxylic acids is 3. The lowest BCUT2D eigenvalue weighted by atomic mass is 9.97. The van der Waals surface area contributed by atoms with E-state index >= 15 is 0 Å². The summed E-state index contributed by atoms with van der Waals surface area (Å²) in [6.07, 6.45) is 3.62. The molecule has 7 nitrogen and oxygen atoms in total. The van der Waals surface area contributed by atoms with Crippen LogP contribution < -0.4 is 16.4 Å². The molecule has 4 N–H and O–H groups in total. The minimum absolute atomic E-state index is 0.0186. The Labute approximate surface area is 157 Å². The topological polar surface area (TPSA) is 105 Å². The molecule has 0 saturated carbocycles. The molecular formula is C19H25FN4O3. The zero-order valence-corrected chi connectivity index (χ0v) is 15.2. The van der Waals surface area contributed by atoms with Gasteiger partial charge in [-0.3, -0.25) is 14.4 Å². The van der Waals surface area contributed by atoms with Crippen molar-refractivity contribution < 1.29 is 18.8 Å². The zero-order chi connectivity index (χ0) is 19.4. The Morgan fingerprint density at radius 3 is 2.89 bits per heavy atom. The van der Waals surface area contributed by atoms with Crippen LogP contribution in [-0.2, 0) is 16.0 Å². The molecule has 1 aromatic rings. The standard InChI is InChI=1S/C19H25FN4O3/c20-15-10-16-12(4-5-18(26)23-16)9-14(15)19(27)24-8-2-1-3-13(24)11-22-17(25)6-7-21/h9-10,13H,1-8,11,21H2,(H,22,25)(H,23,26). The number of piperidine rings is 1. The van der Waals surface area contributed by atoms with Gasteiger partial charge in [-0.05, 0) is 43.4 Å². The molecule has 1 aromatic carbocycles. The van der Waals surface area contributed by atoms with Crippen LogP contribution in [0.3, 0.4) is 0 Å². The van der Waals surface area contributed by atoms with Gasteiger partial charge in [-0.15, -0.1) is 0 Å². The zero-order valence-electron chi connectivity index (χ0n) is 15.2. The van der Waals surface area contributed by atoms with Gasteiger partial charge in [0.1, 0.15) is 5.82 Å². The molecule has 0 aromatic heterocycles. The van der Waals surface area contributed by atoms with E-state index in [9.17, 15) is 18.8 Å². The van der Waals surface area contributed by atoms with E-state index in [4.69, 9.17) is 5.73 Å².